The molecule has 6 aliphatic rings. The monoisotopic (exact) mass is 632 g/mol. The number of aliphatic hydroxyl groups is 1. The third-order valence-corrected chi connectivity index (χ3v) is 15.2. The molecule has 2 amide bonds. The number of imide groups is 1. The Morgan fingerprint density at radius 2 is 1.63 bits per heavy atom. The van der Waals surface area contributed by atoms with Crippen molar-refractivity contribution in [3.63, 3.8) is 0 Å². The Bertz CT molecular complexity index is 1490. The summed E-state index contributed by atoms with van der Waals surface area (Å²) in [7, 11) is 0. The molecule has 3 N–H and O–H groups in total. The van der Waals surface area contributed by atoms with Crippen molar-refractivity contribution in [2.75, 3.05) is 13.2 Å². The zero-order chi connectivity index (χ0) is 33.2. The molecule has 1 aromatic rings. The molecule has 0 unspecified atom stereocenters. The summed E-state index contributed by atoms with van der Waals surface area (Å²) in [6.45, 7) is 16.6. The Morgan fingerprint density at radius 3 is 2.24 bits per heavy atom. The van der Waals surface area contributed by atoms with Gasteiger partial charge in [0.05, 0.1) is 42.4 Å². The number of fused-ring (bicyclic) bond motifs is 4. The average Bonchev–Trinajstić information content (AvgIpc) is 3.24. The average molecular weight is 633 g/mol. The van der Waals surface area contributed by atoms with E-state index in [-0.39, 0.29) is 45.8 Å². The highest BCUT2D eigenvalue weighted by Gasteiger charge is 2.71. The van der Waals surface area contributed by atoms with E-state index in [4.69, 9.17) is 4.74 Å². The van der Waals surface area contributed by atoms with E-state index in [9.17, 15) is 24.6 Å². The van der Waals surface area contributed by atoms with Crippen LogP contribution < -0.4 is 5.43 Å². The molecule has 1 aromatic carbocycles. The number of rotatable bonds is 5. The van der Waals surface area contributed by atoms with Crippen molar-refractivity contribution in [1.29, 1.82) is 0 Å². The molecule has 4 fully saturated rings. The van der Waals surface area contributed by atoms with Gasteiger partial charge in [0.15, 0.2) is 0 Å². The summed E-state index contributed by atoms with van der Waals surface area (Å²) in [5.41, 5.74) is 3.47. The number of ether oxygens (including phenoxy) is 1. The third-order valence-electron chi connectivity index (χ3n) is 15.2. The summed E-state index contributed by atoms with van der Waals surface area (Å²) in [4.78, 5) is 40.1. The topological polar surface area (TPSA) is 116 Å². The SMILES string of the molecule is CC(C)[C@@H](C)[C@@]1(C)CC[C@]2(C)[C@H]3CC[C@@H]4[C@@]5(COC[C@@]4(C)[C@@H](O)[C@H](NN4C(=O)c6ccccc6C4=O)C5)C3=CC[C@@]2(C)[C@@H]1C(=O)O. The molecule has 46 heavy (non-hydrogen) atoms. The molecule has 2 aliphatic heterocycles. The molecule has 0 aromatic heterocycles. The van der Waals surface area contributed by atoms with E-state index in [0.29, 0.717) is 43.1 Å². The van der Waals surface area contributed by atoms with Crippen molar-refractivity contribution in [2.45, 2.75) is 99.1 Å². The number of amides is 2. The molecule has 2 bridgehead atoms. The predicted octanol–water partition coefficient (Wildman–Crippen LogP) is 6.11. The number of carboxylic acid groups (broad SMARTS) is 1. The van der Waals surface area contributed by atoms with E-state index in [2.05, 4.69) is 60.0 Å². The Balaban J connectivity index is 1.28. The van der Waals surface area contributed by atoms with Crippen molar-refractivity contribution < 1.29 is 29.3 Å². The fourth-order valence-corrected chi connectivity index (χ4v) is 12.3. The van der Waals surface area contributed by atoms with Gasteiger partial charge in [-0.15, -0.1) is 0 Å². The number of carbonyl (C=O) groups excluding carboxylic acids is 2. The highest BCUT2D eigenvalue weighted by molar-refractivity contribution is 6.21. The lowest BCUT2D eigenvalue weighted by Crippen LogP contribution is -2.72. The molecule has 2 heterocycles. The second-order valence-corrected chi connectivity index (χ2v) is 17.2. The molecule has 0 radical (unpaired) electrons. The summed E-state index contributed by atoms with van der Waals surface area (Å²) in [6.07, 6.45) is 6.55. The van der Waals surface area contributed by atoms with Gasteiger partial charge in [-0.1, -0.05) is 72.2 Å². The van der Waals surface area contributed by atoms with Gasteiger partial charge in [0, 0.05) is 10.8 Å². The summed E-state index contributed by atoms with van der Waals surface area (Å²) in [6, 6.07) is 6.33. The van der Waals surface area contributed by atoms with E-state index in [0.717, 1.165) is 30.7 Å². The van der Waals surface area contributed by atoms with Crippen LogP contribution in [0.15, 0.2) is 35.9 Å². The molecule has 0 spiro atoms. The number of hydrogen-bond donors (Lipinski definition) is 3. The van der Waals surface area contributed by atoms with Crippen molar-refractivity contribution in [1.82, 2.24) is 10.4 Å². The summed E-state index contributed by atoms with van der Waals surface area (Å²) in [5.74, 6) is -0.867. The van der Waals surface area contributed by atoms with Gasteiger partial charge in [0.25, 0.3) is 11.8 Å². The molecular formula is C38H52N2O6. The number of hydrogen-bond acceptors (Lipinski definition) is 6. The van der Waals surface area contributed by atoms with E-state index in [1.54, 1.807) is 24.3 Å². The Morgan fingerprint density at radius 1 is 0.978 bits per heavy atom. The van der Waals surface area contributed by atoms with Crippen LogP contribution in [0.2, 0.25) is 0 Å². The van der Waals surface area contributed by atoms with Gasteiger partial charge in [-0.05, 0) is 90.6 Å². The molecule has 3 saturated carbocycles. The maximum atomic E-state index is 13.4. The van der Waals surface area contributed by atoms with Crippen molar-refractivity contribution in [3.8, 4) is 0 Å². The largest absolute Gasteiger partial charge is 0.481 e. The predicted molar refractivity (Wildman–Crippen MR) is 173 cm³/mol. The lowest BCUT2D eigenvalue weighted by atomic mass is 9.34. The lowest BCUT2D eigenvalue weighted by Gasteiger charge is -2.71. The number of nitrogens with one attached hydrogen (secondary N) is 1. The highest BCUT2D eigenvalue weighted by Crippen LogP contribution is 2.74. The Hall–Kier alpha value is -2.55. The second kappa shape index (κ2) is 10.2. The smallest absolute Gasteiger partial charge is 0.307 e. The van der Waals surface area contributed by atoms with E-state index in [1.807, 2.05) is 0 Å². The molecule has 8 nitrogen and oxygen atoms in total. The van der Waals surface area contributed by atoms with Crippen molar-refractivity contribution >= 4 is 17.8 Å². The zero-order valence-corrected chi connectivity index (χ0v) is 28.6. The van der Waals surface area contributed by atoms with Gasteiger partial charge in [-0.3, -0.25) is 14.4 Å². The summed E-state index contributed by atoms with van der Waals surface area (Å²) < 4.78 is 6.40. The van der Waals surface area contributed by atoms with Crippen LogP contribution in [0.3, 0.4) is 0 Å². The molecule has 11 atom stereocenters. The first kappa shape index (κ1) is 32.0. The number of nitrogens with zero attached hydrogens (tertiary/aromatic N) is 1. The number of carboxylic acids is 1. The van der Waals surface area contributed by atoms with Gasteiger partial charge in [0.2, 0.25) is 0 Å². The lowest BCUT2D eigenvalue weighted by molar-refractivity contribution is -0.237. The van der Waals surface area contributed by atoms with Crippen LogP contribution in [-0.2, 0) is 9.53 Å². The first-order chi connectivity index (χ1) is 21.6. The van der Waals surface area contributed by atoms with Gasteiger partial charge in [-0.2, -0.15) is 0 Å². The number of hydrazine groups is 1. The maximum absolute atomic E-state index is 13.4. The van der Waals surface area contributed by atoms with E-state index >= 15 is 0 Å². The van der Waals surface area contributed by atoms with Crippen molar-refractivity contribution in [3.05, 3.63) is 47.0 Å². The van der Waals surface area contributed by atoms with Crippen LogP contribution in [0.1, 0.15) is 108 Å². The standard InChI is InChI=1S/C38H52N2O6/c1-21(2)22(3)34(4)16-17-36(6)25-12-13-28-35(5)19-46-20-38(28,26(25)14-15-37(36,7)29(34)33(44)45)18-27(30(35)41)39-40-31(42)23-10-8-9-11-24(23)32(40)43/h8-11,14,21-22,25,27-30,39,41H,12-13,15-20H2,1-7H3,(H,44,45)/t22-,25+,27-,28+,29-,30+,34-,35-,36-,37+,38+/m1/s1. The van der Waals surface area contributed by atoms with Crippen LogP contribution in [0.25, 0.3) is 0 Å². The van der Waals surface area contributed by atoms with Crippen molar-refractivity contribution in [2.24, 2.45) is 56.7 Å². The Labute approximate surface area is 273 Å². The van der Waals surface area contributed by atoms with E-state index < -0.39 is 34.9 Å². The molecule has 4 aliphatic carbocycles. The number of benzene rings is 1. The van der Waals surface area contributed by atoms with Crippen LogP contribution in [0, 0.1) is 56.7 Å². The maximum Gasteiger partial charge on any atom is 0.307 e. The normalized spacial score (nSPS) is 45.4. The summed E-state index contributed by atoms with van der Waals surface area (Å²) >= 11 is 0. The van der Waals surface area contributed by atoms with Crippen LogP contribution in [-0.4, -0.2) is 58.4 Å². The van der Waals surface area contributed by atoms with Gasteiger partial charge < -0.3 is 14.9 Å². The number of aliphatic hydroxyl groups excluding tert-OH is 1. The summed E-state index contributed by atoms with van der Waals surface area (Å²) in [5, 5.41) is 24.0. The first-order valence-electron chi connectivity index (χ1n) is 17.5. The number of allylic oxidation sites excluding steroid dienone is 1. The molecule has 8 heteroatoms. The van der Waals surface area contributed by atoms with E-state index in [1.165, 1.54) is 5.57 Å². The fraction of sp³-hybridized carbons (Fsp3) is 0.711. The zero-order valence-electron chi connectivity index (χ0n) is 28.6. The van der Waals surface area contributed by atoms with Gasteiger partial charge in [-0.25, -0.2) is 10.4 Å². The first-order valence-corrected chi connectivity index (χ1v) is 17.5. The third kappa shape index (κ3) is 3.87. The fourth-order valence-electron chi connectivity index (χ4n) is 12.3. The van der Waals surface area contributed by atoms with Crippen LogP contribution in [0.4, 0.5) is 0 Å². The van der Waals surface area contributed by atoms with Crippen LogP contribution in [0.5, 0.6) is 0 Å². The number of aliphatic carboxylic acids is 1. The minimum Gasteiger partial charge on any atom is -0.481 e. The second-order valence-electron chi connectivity index (χ2n) is 17.2. The van der Waals surface area contributed by atoms with Crippen LogP contribution >= 0.6 is 0 Å². The molecule has 1 saturated heterocycles. The minimum absolute atomic E-state index is 0.185. The number of carbonyl (C=O) groups is 3. The molecular weight excluding hydrogens is 580 g/mol. The molecule has 250 valence electrons. The van der Waals surface area contributed by atoms with Gasteiger partial charge >= 0.3 is 5.97 Å². The quantitative estimate of drug-likeness (QED) is 0.265. The molecule has 7 rings (SSSR count). The Kier molecular flexibility index (Phi) is 7.12. The highest BCUT2D eigenvalue weighted by atomic mass is 16.5. The minimum atomic E-state index is -0.818. The van der Waals surface area contributed by atoms with Gasteiger partial charge in [0.1, 0.15) is 0 Å².